The Hall–Kier alpha value is -2.40. The summed E-state index contributed by atoms with van der Waals surface area (Å²) < 4.78 is 0. The summed E-state index contributed by atoms with van der Waals surface area (Å²) in [5.41, 5.74) is 5.47. The van der Waals surface area contributed by atoms with Gasteiger partial charge in [-0.15, -0.1) is 0 Å². The predicted octanol–water partition coefficient (Wildman–Crippen LogP) is 3.67. The van der Waals surface area contributed by atoms with E-state index < -0.39 is 0 Å². The van der Waals surface area contributed by atoms with Crippen LogP contribution in [0, 0.1) is 13.8 Å². The zero-order valence-corrected chi connectivity index (χ0v) is 13.4. The average molecular weight is 310 g/mol. The fourth-order valence-corrected chi connectivity index (χ4v) is 2.49. The van der Waals surface area contributed by atoms with Gasteiger partial charge < -0.3 is 15.6 Å². The third kappa shape index (κ3) is 3.09. The van der Waals surface area contributed by atoms with E-state index in [2.05, 4.69) is 40.5 Å². The lowest BCUT2D eigenvalue weighted by Gasteiger charge is -2.13. The SMILES string of the molecule is Cc1cccc(NC(=S)NCc2nc3ccccc3[nH]2)c1C. The fraction of sp³-hybridized carbons (Fsp3) is 0.176. The van der Waals surface area contributed by atoms with Crippen LogP contribution < -0.4 is 10.6 Å². The Kier molecular flexibility index (Phi) is 4.06. The summed E-state index contributed by atoms with van der Waals surface area (Å²) in [6.07, 6.45) is 0. The number of imidazole rings is 1. The molecule has 2 aromatic carbocycles. The van der Waals surface area contributed by atoms with Gasteiger partial charge >= 0.3 is 0 Å². The van der Waals surface area contributed by atoms with E-state index in [4.69, 9.17) is 12.2 Å². The lowest BCUT2D eigenvalue weighted by atomic mass is 10.1. The number of hydrogen-bond acceptors (Lipinski definition) is 2. The third-order valence-electron chi connectivity index (χ3n) is 3.71. The first kappa shape index (κ1) is 14.5. The highest BCUT2D eigenvalue weighted by Crippen LogP contribution is 2.17. The Balaban J connectivity index is 1.63. The van der Waals surface area contributed by atoms with Crippen molar-refractivity contribution in [3.8, 4) is 0 Å². The number of para-hydroxylation sites is 2. The first-order valence-corrected chi connectivity index (χ1v) is 7.59. The normalized spacial score (nSPS) is 10.6. The number of rotatable bonds is 3. The minimum absolute atomic E-state index is 0.561. The zero-order chi connectivity index (χ0) is 15.5. The maximum atomic E-state index is 5.35. The van der Waals surface area contributed by atoms with E-state index >= 15 is 0 Å². The Morgan fingerprint density at radius 2 is 1.95 bits per heavy atom. The number of fused-ring (bicyclic) bond motifs is 1. The first-order chi connectivity index (χ1) is 10.6. The molecule has 0 spiro atoms. The van der Waals surface area contributed by atoms with Crippen LogP contribution in [0.5, 0.6) is 0 Å². The lowest BCUT2D eigenvalue weighted by molar-refractivity contribution is 0.859. The summed E-state index contributed by atoms with van der Waals surface area (Å²) in [4.78, 5) is 7.79. The van der Waals surface area contributed by atoms with E-state index in [1.165, 1.54) is 11.1 Å². The molecule has 3 N–H and O–H groups in total. The minimum atomic E-state index is 0.561. The molecule has 0 fully saturated rings. The van der Waals surface area contributed by atoms with Crippen molar-refractivity contribution in [3.05, 3.63) is 59.4 Å². The molecule has 112 valence electrons. The monoisotopic (exact) mass is 310 g/mol. The van der Waals surface area contributed by atoms with Crippen LogP contribution in [0.3, 0.4) is 0 Å². The van der Waals surface area contributed by atoms with Crippen LogP contribution in [-0.4, -0.2) is 15.1 Å². The van der Waals surface area contributed by atoms with Gasteiger partial charge in [-0.05, 0) is 55.4 Å². The number of aromatic nitrogens is 2. The number of aryl methyl sites for hydroxylation is 1. The van der Waals surface area contributed by atoms with Gasteiger partial charge in [-0.1, -0.05) is 24.3 Å². The summed E-state index contributed by atoms with van der Waals surface area (Å²) in [7, 11) is 0. The van der Waals surface area contributed by atoms with Crippen LogP contribution >= 0.6 is 12.2 Å². The molecule has 3 rings (SSSR count). The van der Waals surface area contributed by atoms with Crippen molar-refractivity contribution in [2.45, 2.75) is 20.4 Å². The smallest absolute Gasteiger partial charge is 0.171 e. The highest BCUT2D eigenvalue weighted by atomic mass is 32.1. The summed E-state index contributed by atoms with van der Waals surface area (Å²) in [5, 5.41) is 7.01. The second-order valence-corrected chi connectivity index (χ2v) is 5.66. The Labute approximate surface area is 135 Å². The van der Waals surface area contributed by atoms with E-state index in [0.717, 1.165) is 22.5 Å². The summed E-state index contributed by atoms with van der Waals surface area (Å²) in [5.74, 6) is 0.867. The van der Waals surface area contributed by atoms with Crippen molar-refractivity contribution in [1.29, 1.82) is 0 Å². The van der Waals surface area contributed by atoms with E-state index in [9.17, 15) is 0 Å². The number of hydrogen-bond donors (Lipinski definition) is 3. The molecule has 0 bridgehead atoms. The van der Waals surface area contributed by atoms with Gasteiger partial charge in [0.1, 0.15) is 5.82 Å². The Morgan fingerprint density at radius 1 is 1.14 bits per heavy atom. The molecule has 0 saturated heterocycles. The summed E-state index contributed by atoms with van der Waals surface area (Å²) >= 11 is 5.35. The molecule has 3 aromatic rings. The largest absolute Gasteiger partial charge is 0.355 e. The van der Waals surface area contributed by atoms with E-state index in [0.29, 0.717) is 11.7 Å². The van der Waals surface area contributed by atoms with Gasteiger partial charge in [-0.2, -0.15) is 0 Å². The van der Waals surface area contributed by atoms with E-state index in [-0.39, 0.29) is 0 Å². The molecule has 22 heavy (non-hydrogen) atoms. The van der Waals surface area contributed by atoms with Crippen LogP contribution in [-0.2, 0) is 6.54 Å². The zero-order valence-electron chi connectivity index (χ0n) is 12.6. The number of nitrogens with one attached hydrogen (secondary N) is 3. The molecule has 0 aliphatic rings. The van der Waals surface area contributed by atoms with Gasteiger partial charge in [-0.25, -0.2) is 4.98 Å². The number of anilines is 1. The Bertz CT molecular complexity index is 789. The van der Waals surface area contributed by atoms with Crippen LogP contribution in [0.2, 0.25) is 0 Å². The number of nitrogens with zero attached hydrogens (tertiary/aromatic N) is 1. The molecule has 0 unspecified atom stereocenters. The van der Waals surface area contributed by atoms with Gasteiger partial charge in [-0.3, -0.25) is 0 Å². The summed E-state index contributed by atoms with van der Waals surface area (Å²) in [6, 6.07) is 14.1. The van der Waals surface area contributed by atoms with Crippen molar-refractivity contribution in [3.63, 3.8) is 0 Å². The molecule has 1 aromatic heterocycles. The van der Waals surface area contributed by atoms with E-state index in [1.54, 1.807) is 0 Å². The minimum Gasteiger partial charge on any atom is -0.355 e. The van der Waals surface area contributed by atoms with Crippen molar-refractivity contribution < 1.29 is 0 Å². The maximum absolute atomic E-state index is 5.35. The fourth-order valence-electron chi connectivity index (χ4n) is 2.31. The highest BCUT2D eigenvalue weighted by molar-refractivity contribution is 7.80. The van der Waals surface area contributed by atoms with Gasteiger partial charge in [0, 0.05) is 5.69 Å². The first-order valence-electron chi connectivity index (χ1n) is 7.18. The standard InChI is InChI=1S/C17H18N4S/c1-11-6-5-9-13(12(11)2)21-17(22)18-10-16-19-14-7-3-4-8-15(14)20-16/h3-9H,10H2,1-2H3,(H,19,20)(H2,18,21,22). The topological polar surface area (TPSA) is 52.7 Å². The van der Waals surface area contributed by atoms with Crippen LogP contribution in [0.4, 0.5) is 5.69 Å². The molecule has 0 aliphatic heterocycles. The number of thiocarbonyl (C=S) groups is 1. The molecule has 4 nitrogen and oxygen atoms in total. The van der Waals surface area contributed by atoms with Crippen LogP contribution in [0.1, 0.15) is 17.0 Å². The van der Waals surface area contributed by atoms with Gasteiger partial charge in [0.15, 0.2) is 5.11 Å². The molecular formula is C17H18N4S. The second kappa shape index (κ2) is 6.15. The van der Waals surface area contributed by atoms with Crippen molar-refractivity contribution in [2.75, 3.05) is 5.32 Å². The van der Waals surface area contributed by atoms with Crippen molar-refractivity contribution in [1.82, 2.24) is 15.3 Å². The molecular weight excluding hydrogens is 292 g/mol. The molecule has 5 heteroatoms. The lowest BCUT2D eigenvalue weighted by Crippen LogP contribution is -2.28. The van der Waals surface area contributed by atoms with Gasteiger partial charge in [0.25, 0.3) is 0 Å². The van der Waals surface area contributed by atoms with Gasteiger partial charge in [0.05, 0.1) is 17.6 Å². The predicted molar refractivity (Wildman–Crippen MR) is 95.1 cm³/mol. The quantitative estimate of drug-likeness (QED) is 0.646. The van der Waals surface area contributed by atoms with Crippen molar-refractivity contribution in [2.24, 2.45) is 0 Å². The number of benzene rings is 2. The highest BCUT2D eigenvalue weighted by Gasteiger charge is 2.05. The second-order valence-electron chi connectivity index (χ2n) is 5.26. The van der Waals surface area contributed by atoms with E-state index in [1.807, 2.05) is 36.4 Å². The van der Waals surface area contributed by atoms with Crippen LogP contribution in [0.15, 0.2) is 42.5 Å². The molecule has 1 heterocycles. The Morgan fingerprint density at radius 3 is 2.77 bits per heavy atom. The summed E-state index contributed by atoms with van der Waals surface area (Å²) in [6.45, 7) is 4.73. The average Bonchev–Trinajstić information content (AvgIpc) is 2.93. The molecule has 0 aliphatic carbocycles. The number of aromatic amines is 1. The van der Waals surface area contributed by atoms with Gasteiger partial charge in [0.2, 0.25) is 0 Å². The molecule has 0 saturated carbocycles. The molecule has 0 amide bonds. The molecule has 0 radical (unpaired) electrons. The third-order valence-corrected chi connectivity index (χ3v) is 3.95. The van der Waals surface area contributed by atoms with Crippen LogP contribution in [0.25, 0.3) is 11.0 Å². The molecule has 0 atom stereocenters. The number of H-pyrrole nitrogens is 1. The maximum Gasteiger partial charge on any atom is 0.171 e. The van der Waals surface area contributed by atoms with Crippen molar-refractivity contribution >= 4 is 34.1 Å².